The Morgan fingerprint density at radius 3 is 1.44 bits per heavy atom. The monoisotopic (exact) mass is 125 g/mol. The zero-order chi connectivity index (χ0) is 6.95. The zero-order valence-electron chi connectivity index (χ0n) is 4.81. The van der Waals surface area contributed by atoms with Crippen molar-refractivity contribution in [3.63, 3.8) is 0 Å². The second-order valence-electron chi connectivity index (χ2n) is 1.04. The molecular weight excluding hydrogens is 118 g/mol. The first-order chi connectivity index (χ1) is 4.41. The van der Waals surface area contributed by atoms with Crippen LogP contribution in [0.25, 0.3) is 0 Å². The fourth-order valence-electron chi connectivity index (χ4n) is 0.253. The molecule has 48 valence electrons. The van der Waals surface area contributed by atoms with E-state index in [1.165, 1.54) is 0 Å². The van der Waals surface area contributed by atoms with Crippen molar-refractivity contribution < 1.29 is 5.21 Å². The van der Waals surface area contributed by atoms with Gasteiger partial charge in [0.05, 0.1) is 0 Å². The molecule has 1 aromatic rings. The van der Waals surface area contributed by atoms with Crippen molar-refractivity contribution >= 4 is 6.72 Å². The zero-order valence-corrected chi connectivity index (χ0v) is 4.81. The molecule has 0 fully saturated rings. The summed E-state index contributed by atoms with van der Waals surface area (Å²) < 4.78 is 0. The van der Waals surface area contributed by atoms with Gasteiger partial charge >= 0.3 is 0 Å². The van der Waals surface area contributed by atoms with Gasteiger partial charge < -0.3 is 5.21 Å². The average Bonchev–Trinajstić information content (AvgIpc) is 1.93. The van der Waals surface area contributed by atoms with Crippen molar-refractivity contribution in [2.75, 3.05) is 0 Å². The molecule has 0 saturated carbocycles. The number of hydrogen-bond acceptors (Lipinski definition) is 4. The van der Waals surface area contributed by atoms with Gasteiger partial charge in [-0.1, -0.05) is 0 Å². The van der Waals surface area contributed by atoms with Crippen LogP contribution >= 0.6 is 0 Å². The average molecular weight is 125 g/mol. The molecule has 0 aliphatic rings. The van der Waals surface area contributed by atoms with Crippen LogP contribution in [0, 0.1) is 0 Å². The molecule has 4 nitrogen and oxygen atoms in total. The van der Waals surface area contributed by atoms with Crippen molar-refractivity contribution in [1.82, 2.24) is 9.97 Å². The minimum Gasteiger partial charge on any atom is -0.411 e. The SMILES string of the molecule is C=NO.c1cnccn1. The Kier molecular flexibility index (Phi) is 5.49. The summed E-state index contributed by atoms with van der Waals surface area (Å²) in [6.07, 6.45) is 6.56. The van der Waals surface area contributed by atoms with Crippen molar-refractivity contribution in [1.29, 1.82) is 0 Å². The molecule has 0 aromatic carbocycles. The number of nitrogens with zero attached hydrogens (tertiary/aromatic N) is 3. The highest BCUT2D eigenvalue weighted by molar-refractivity contribution is 5.20. The summed E-state index contributed by atoms with van der Waals surface area (Å²) in [5.41, 5.74) is 0. The Bertz CT molecular complexity index is 115. The van der Waals surface area contributed by atoms with E-state index in [2.05, 4.69) is 21.8 Å². The number of aromatic nitrogens is 2. The van der Waals surface area contributed by atoms with E-state index in [4.69, 9.17) is 5.21 Å². The van der Waals surface area contributed by atoms with Crippen LogP contribution in [0.2, 0.25) is 0 Å². The van der Waals surface area contributed by atoms with Crippen LogP contribution in [0.4, 0.5) is 0 Å². The molecule has 9 heavy (non-hydrogen) atoms. The summed E-state index contributed by atoms with van der Waals surface area (Å²) >= 11 is 0. The lowest BCUT2D eigenvalue weighted by Gasteiger charge is -1.70. The van der Waals surface area contributed by atoms with E-state index in [0.717, 1.165) is 0 Å². The molecule has 0 unspecified atom stereocenters. The van der Waals surface area contributed by atoms with E-state index in [9.17, 15) is 0 Å². The van der Waals surface area contributed by atoms with Gasteiger partial charge in [-0.25, -0.2) is 0 Å². The van der Waals surface area contributed by atoms with Crippen molar-refractivity contribution in [2.24, 2.45) is 5.16 Å². The van der Waals surface area contributed by atoms with Crippen LogP contribution in [-0.4, -0.2) is 21.9 Å². The van der Waals surface area contributed by atoms with Crippen LogP contribution in [0.15, 0.2) is 29.9 Å². The maximum Gasteiger partial charge on any atom is 0.0451 e. The quantitative estimate of drug-likeness (QED) is 0.313. The molecule has 0 aliphatic carbocycles. The summed E-state index contributed by atoms with van der Waals surface area (Å²) in [6, 6.07) is 0. The molecule has 0 bridgehead atoms. The predicted molar refractivity (Wildman–Crippen MR) is 33.4 cm³/mol. The molecule has 0 spiro atoms. The number of hydrogen-bond donors (Lipinski definition) is 1. The van der Waals surface area contributed by atoms with Crippen LogP contribution in [-0.2, 0) is 0 Å². The molecule has 0 radical (unpaired) electrons. The fourth-order valence-corrected chi connectivity index (χ4v) is 0.253. The fraction of sp³-hybridized carbons (Fsp3) is 0. The summed E-state index contributed by atoms with van der Waals surface area (Å²) in [5.74, 6) is 0. The third-order valence-corrected chi connectivity index (χ3v) is 0.478. The van der Waals surface area contributed by atoms with Gasteiger partial charge in [-0.3, -0.25) is 9.97 Å². The molecule has 1 aromatic heterocycles. The molecule has 4 heteroatoms. The normalized spacial score (nSPS) is 6.67. The second kappa shape index (κ2) is 6.55. The van der Waals surface area contributed by atoms with Gasteiger partial charge in [-0.05, 0) is 0 Å². The van der Waals surface area contributed by atoms with Crippen LogP contribution in [0.3, 0.4) is 0 Å². The molecule has 1 heterocycles. The van der Waals surface area contributed by atoms with Gasteiger partial charge in [0.25, 0.3) is 0 Å². The minimum absolute atomic E-state index is 1.64. The van der Waals surface area contributed by atoms with Crippen molar-refractivity contribution in [3.05, 3.63) is 24.8 Å². The minimum atomic E-state index is 1.64. The summed E-state index contributed by atoms with van der Waals surface area (Å²) in [5, 5.41) is 9.33. The topological polar surface area (TPSA) is 58.4 Å². The van der Waals surface area contributed by atoms with Gasteiger partial charge in [0.1, 0.15) is 0 Å². The highest BCUT2D eigenvalue weighted by Crippen LogP contribution is 1.65. The molecule has 1 rings (SSSR count). The third-order valence-electron chi connectivity index (χ3n) is 0.478. The third kappa shape index (κ3) is 6.55. The maximum atomic E-state index is 7.08. The Hall–Kier alpha value is -1.45. The largest absolute Gasteiger partial charge is 0.411 e. The van der Waals surface area contributed by atoms with Crippen LogP contribution in [0.1, 0.15) is 0 Å². The summed E-state index contributed by atoms with van der Waals surface area (Å²) in [4.78, 5) is 7.44. The Labute approximate surface area is 52.9 Å². The number of rotatable bonds is 0. The molecule has 0 amide bonds. The van der Waals surface area contributed by atoms with E-state index in [1.807, 2.05) is 0 Å². The van der Waals surface area contributed by atoms with Gasteiger partial charge in [-0.15, -0.1) is 5.16 Å². The molecule has 0 atom stereocenters. The van der Waals surface area contributed by atoms with Crippen molar-refractivity contribution in [2.45, 2.75) is 0 Å². The lowest BCUT2D eigenvalue weighted by Crippen LogP contribution is -1.66. The first kappa shape index (κ1) is 7.55. The van der Waals surface area contributed by atoms with Crippen LogP contribution in [0.5, 0.6) is 0 Å². The lowest BCUT2D eigenvalue weighted by atomic mass is 10.8. The Morgan fingerprint density at radius 1 is 1.11 bits per heavy atom. The molecule has 1 N–H and O–H groups in total. The molecular formula is C5H7N3O. The lowest BCUT2D eigenvalue weighted by molar-refractivity contribution is 0.323. The first-order valence-electron chi connectivity index (χ1n) is 2.22. The summed E-state index contributed by atoms with van der Waals surface area (Å²) in [6.45, 7) is 2.67. The van der Waals surface area contributed by atoms with Gasteiger partial charge in [0.15, 0.2) is 0 Å². The molecule has 0 aliphatic heterocycles. The van der Waals surface area contributed by atoms with Gasteiger partial charge in [-0.2, -0.15) is 0 Å². The van der Waals surface area contributed by atoms with E-state index < -0.39 is 0 Å². The number of oxime groups is 1. The van der Waals surface area contributed by atoms with Gasteiger partial charge in [0, 0.05) is 31.5 Å². The van der Waals surface area contributed by atoms with Gasteiger partial charge in [0.2, 0.25) is 0 Å². The Morgan fingerprint density at radius 2 is 1.33 bits per heavy atom. The first-order valence-corrected chi connectivity index (χ1v) is 2.22. The van der Waals surface area contributed by atoms with E-state index in [0.29, 0.717) is 0 Å². The maximum absolute atomic E-state index is 7.08. The van der Waals surface area contributed by atoms with E-state index in [-0.39, 0.29) is 0 Å². The summed E-state index contributed by atoms with van der Waals surface area (Å²) in [7, 11) is 0. The second-order valence-corrected chi connectivity index (χ2v) is 1.04. The highest BCUT2D eigenvalue weighted by Gasteiger charge is 1.59. The van der Waals surface area contributed by atoms with Crippen molar-refractivity contribution in [3.8, 4) is 0 Å². The van der Waals surface area contributed by atoms with E-state index in [1.54, 1.807) is 24.8 Å². The standard InChI is InChI=1S/C4H4N2.CH3NO/c1-2-6-4-3-5-1;1-2-3/h1-4H;3H,1H2. The smallest absolute Gasteiger partial charge is 0.0451 e. The predicted octanol–water partition coefficient (Wildman–Crippen LogP) is 0.553. The molecule has 0 saturated heterocycles. The Balaban J connectivity index is 0.000000187. The highest BCUT2D eigenvalue weighted by atomic mass is 16.4. The van der Waals surface area contributed by atoms with Crippen LogP contribution < -0.4 is 0 Å². The van der Waals surface area contributed by atoms with E-state index >= 15 is 0 Å².